The summed E-state index contributed by atoms with van der Waals surface area (Å²) in [7, 11) is -3.72. The minimum absolute atomic E-state index is 0. The average molecular weight is 558 g/mol. The van der Waals surface area contributed by atoms with E-state index in [4.69, 9.17) is 9.56 Å². The van der Waals surface area contributed by atoms with Crippen LogP contribution >= 0.6 is 24.0 Å². The summed E-state index contributed by atoms with van der Waals surface area (Å²) in [4.78, 5) is 4.57. The molecule has 3 aromatic rings. The van der Waals surface area contributed by atoms with Gasteiger partial charge in [-0.3, -0.25) is 0 Å². The second-order valence-corrected chi connectivity index (χ2v) is 8.15. The lowest BCUT2D eigenvalue weighted by Gasteiger charge is -2.13. The van der Waals surface area contributed by atoms with E-state index < -0.39 is 10.0 Å². The maximum Gasteiger partial charge on any atom is 0.238 e. The number of aliphatic imine (C=N–C) groups is 1. The van der Waals surface area contributed by atoms with Crippen molar-refractivity contribution in [2.75, 3.05) is 6.54 Å². The zero-order valence-electron chi connectivity index (χ0n) is 16.6. The largest absolute Gasteiger partial charge is 0.469 e. The Balaban J connectivity index is 0.00000341. The van der Waals surface area contributed by atoms with Gasteiger partial charge in [-0.2, -0.15) is 0 Å². The number of rotatable bonds is 8. The lowest BCUT2D eigenvalue weighted by molar-refractivity contribution is 0.506. The lowest BCUT2D eigenvalue weighted by Crippen LogP contribution is -2.38. The predicted octanol–water partition coefficient (Wildman–Crippen LogP) is 3.16. The minimum atomic E-state index is -3.72. The topological polar surface area (TPSA) is 110 Å². The molecule has 0 bridgehead atoms. The molecule has 0 saturated heterocycles. The van der Waals surface area contributed by atoms with Gasteiger partial charge in [-0.15, -0.1) is 24.0 Å². The Morgan fingerprint density at radius 1 is 1.03 bits per heavy atom. The molecule has 1 heterocycles. The van der Waals surface area contributed by atoms with Crippen molar-refractivity contribution in [1.82, 2.24) is 10.6 Å². The summed E-state index contributed by atoms with van der Waals surface area (Å²) in [6.45, 7) is 1.31. The Labute approximate surface area is 198 Å². The quantitative estimate of drug-likeness (QED) is 0.224. The summed E-state index contributed by atoms with van der Waals surface area (Å²) in [6.07, 6.45) is 2.30. The molecule has 0 saturated carbocycles. The number of hydrogen-bond acceptors (Lipinski definition) is 4. The molecule has 0 fully saturated rings. The molecule has 10 heteroatoms. The van der Waals surface area contributed by atoms with E-state index in [9.17, 15) is 12.8 Å². The predicted molar refractivity (Wildman–Crippen MR) is 128 cm³/mol. The summed E-state index contributed by atoms with van der Waals surface area (Å²) in [5.74, 6) is 1.09. The molecule has 0 radical (unpaired) electrons. The highest BCUT2D eigenvalue weighted by Gasteiger charge is 2.07. The molecule has 4 N–H and O–H groups in total. The number of hydrogen-bond donors (Lipinski definition) is 3. The number of furan rings is 1. The molecule has 7 nitrogen and oxygen atoms in total. The minimum Gasteiger partial charge on any atom is -0.469 e. The molecule has 0 atom stereocenters. The van der Waals surface area contributed by atoms with Gasteiger partial charge < -0.3 is 15.1 Å². The number of nitrogens with zero attached hydrogens (tertiary/aromatic N) is 1. The van der Waals surface area contributed by atoms with Crippen LogP contribution in [-0.4, -0.2) is 20.9 Å². The summed E-state index contributed by atoms with van der Waals surface area (Å²) >= 11 is 0. The third kappa shape index (κ3) is 8.31. The third-order valence-electron chi connectivity index (χ3n) is 4.26. The van der Waals surface area contributed by atoms with Crippen LogP contribution in [-0.2, 0) is 29.5 Å². The smallest absolute Gasteiger partial charge is 0.238 e. The van der Waals surface area contributed by atoms with E-state index in [1.165, 1.54) is 24.3 Å². The second-order valence-electron chi connectivity index (χ2n) is 6.59. The number of nitrogens with one attached hydrogen (secondary N) is 2. The van der Waals surface area contributed by atoms with Gasteiger partial charge in [0.25, 0.3) is 0 Å². The van der Waals surface area contributed by atoms with Gasteiger partial charge in [0.2, 0.25) is 10.0 Å². The molecule has 0 aliphatic carbocycles. The number of halogens is 2. The van der Waals surface area contributed by atoms with Crippen LogP contribution < -0.4 is 15.8 Å². The number of guanidine groups is 1. The monoisotopic (exact) mass is 558 g/mol. The Morgan fingerprint density at radius 3 is 2.45 bits per heavy atom. The standard InChI is InChI=1S/C21H23FN4O3S.HI/c22-18-4-1-3-17(13-18)15-26-21(24-11-10-19-5-2-12-29-19)25-14-16-6-8-20(9-7-16)30(23,27)28;/h1-9,12-13H,10-11,14-15H2,(H2,23,27,28)(H2,24,25,26);1H. The van der Waals surface area contributed by atoms with Crippen LogP contribution in [0.15, 0.2) is 81.2 Å². The molecule has 0 spiro atoms. The van der Waals surface area contributed by atoms with Crippen LogP contribution in [0.3, 0.4) is 0 Å². The van der Waals surface area contributed by atoms with Crippen molar-refractivity contribution in [3.8, 4) is 0 Å². The Morgan fingerprint density at radius 2 is 1.81 bits per heavy atom. The molecule has 1 aromatic heterocycles. The fourth-order valence-corrected chi connectivity index (χ4v) is 3.24. The molecule has 166 valence electrons. The maximum absolute atomic E-state index is 13.4. The molecule has 2 aromatic carbocycles. The van der Waals surface area contributed by atoms with Crippen LogP contribution in [0.4, 0.5) is 4.39 Å². The third-order valence-corrected chi connectivity index (χ3v) is 5.19. The maximum atomic E-state index is 13.4. The van der Waals surface area contributed by atoms with E-state index in [0.29, 0.717) is 32.0 Å². The van der Waals surface area contributed by atoms with Gasteiger partial charge in [-0.05, 0) is 47.5 Å². The van der Waals surface area contributed by atoms with E-state index in [-0.39, 0.29) is 34.7 Å². The molecular formula is C21H24FIN4O3S. The molecule has 31 heavy (non-hydrogen) atoms. The lowest BCUT2D eigenvalue weighted by atomic mass is 10.2. The van der Waals surface area contributed by atoms with E-state index in [2.05, 4.69) is 15.6 Å². The van der Waals surface area contributed by atoms with Crippen molar-refractivity contribution in [2.24, 2.45) is 10.1 Å². The fourth-order valence-electron chi connectivity index (χ4n) is 2.72. The summed E-state index contributed by atoms with van der Waals surface area (Å²) in [5.41, 5.74) is 1.60. The van der Waals surface area contributed by atoms with Crippen LogP contribution in [0.25, 0.3) is 0 Å². The highest BCUT2D eigenvalue weighted by Crippen LogP contribution is 2.09. The number of primary sulfonamides is 1. The van der Waals surface area contributed by atoms with Crippen LogP contribution in [0, 0.1) is 5.82 Å². The average Bonchev–Trinajstić information content (AvgIpc) is 3.23. The van der Waals surface area contributed by atoms with Crippen molar-refractivity contribution < 1.29 is 17.2 Å². The zero-order chi connectivity index (χ0) is 21.4. The van der Waals surface area contributed by atoms with Crippen molar-refractivity contribution in [3.63, 3.8) is 0 Å². The van der Waals surface area contributed by atoms with Gasteiger partial charge in [-0.25, -0.2) is 22.9 Å². The van der Waals surface area contributed by atoms with Crippen LogP contribution in [0.5, 0.6) is 0 Å². The van der Waals surface area contributed by atoms with Gasteiger partial charge in [-0.1, -0.05) is 24.3 Å². The highest BCUT2D eigenvalue weighted by molar-refractivity contribution is 14.0. The van der Waals surface area contributed by atoms with Crippen LogP contribution in [0.2, 0.25) is 0 Å². The van der Waals surface area contributed by atoms with Gasteiger partial charge in [0.05, 0.1) is 17.7 Å². The Bertz CT molecular complexity index is 1090. The number of benzene rings is 2. The van der Waals surface area contributed by atoms with Crippen molar-refractivity contribution >= 4 is 40.0 Å². The summed E-state index contributed by atoms with van der Waals surface area (Å²) < 4.78 is 41.5. The summed E-state index contributed by atoms with van der Waals surface area (Å²) in [6, 6.07) is 16.3. The van der Waals surface area contributed by atoms with E-state index >= 15 is 0 Å². The Hall–Kier alpha value is -2.44. The Kier molecular flexibility index (Phi) is 9.46. The van der Waals surface area contributed by atoms with Crippen molar-refractivity contribution in [3.05, 3.63) is 89.6 Å². The second kappa shape index (κ2) is 11.8. The van der Waals surface area contributed by atoms with Crippen molar-refractivity contribution in [2.45, 2.75) is 24.4 Å². The van der Waals surface area contributed by atoms with Gasteiger partial charge >= 0.3 is 0 Å². The van der Waals surface area contributed by atoms with Gasteiger partial charge in [0.15, 0.2) is 5.96 Å². The molecule has 3 rings (SSSR count). The van der Waals surface area contributed by atoms with Gasteiger partial charge in [0.1, 0.15) is 11.6 Å². The highest BCUT2D eigenvalue weighted by atomic mass is 127. The fraction of sp³-hybridized carbons (Fsp3) is 0.190. The summed E-state index contributed by atoms with van der Waals surface area (Å²) in [5, 5.41) is 11.5. The SMILES string of the molecule is I.NS(=O)(=O)c1ccc(CNC(=NCc2cccc(F)c2)NCCc2ccco2)cc1. The van der Waals surface area contributed by atoms with E-state index in [1.54, 1.807) is 30.5 Å². The number of sulfonamides is 1. The van der Waals surface area contributed by atoms with E-state index in [0.717, 1.165) is 16.9 Å². The molecule has 0 aliphatic rings. The van der Waals surface area contributed by atoms with Crippen LogP contribution in [0.1, 0.15) is 16.9 Å². The number of nitrogens with two attached hydrogens (primary N) is 1. The van der Waals surface area contributed by atoms with E-state index in [1.807, 2.05) is 12.1 Å². The normalized spacial score (nSPS) is 11.6. The molecule has 0 amide bonds. The van der Waals surface area contributed by atoms with Gasteiger partial charge in [0, 0.05) is 19.5 Å². The first-order chi connectivity index (χ1) is 14.4. The molecule has 0 aliphatic heterocycles. The van der Waals surface area contributed by atoms with Crippen molar-refractivity contribution in [1.29, 1.82) is 0 Å². The first-order valence-electron chi connectivity index (χ1n) is 9.31. The first-order valence-corrected chi connectivity index (χ1v) is 10.9. The molecular weight excluding hydrogens is 534 g/mol. The first kappa shape index (κ1) is 24.8. The molecule has 0 unspecified atom stereocenters. The zero-order valence-corrected chi connectivity index (χ0v) is 19.8.